The topological polar surface area (TPSA) is 114 Å². The van der Waals surface area contributed by atoms with Gasteiger partial charge in [-0.3, -0.25) is 4.40 Å². The highest BCUT2D eigenvalue weighted by Gasteiger charge is 2.41. The van der Waals surface area contributed by atoms with Crippen molar-refractivity contribution in [1.82, 2.24) is 28.9 Å². The van der Waals surface area contributed by atoms with Gasteiger partial charge in [-0.05, 0) is 19.1 Å². The van der Waals surface area contributed by atoms with Crippen molar-refractivity contribution in [2.45, 2.75) is 25.1 Å². The lowest BCUT2D eigenvalue weighted by atomic mass is 9.86. The molecule has 3 heterocycles. The SMILES string of the molecule is C[C@@H](n1ncc2cc(C#N)cn2c1=O)C(O)(Cn1cncn1)c1ccc(F)cc1F. The van der Waals surface area contributed by atoms with Crippen LogP contribution in [0.3, 0.4) is 0 Å². The molecule has 0 bridgehead atoms. The van der Waals surface area contributed by atoms with Crippen LogP contribution in [0, 0.1) is 23.0 Å². The number of rotatable bonds is 5. The van der Waals surface area contributed by atoms with Gasteiger partial charge in [-0.1, -0.05) is 6.07 Å². The van der Waals surface area contributed by atoms with Crippen molar-refractivity contribution in [3.8, 4) is 6.07 Å². The average Bonchev–Trinajstić information content (AvgIpc) is 3.37. The van der Waals surface area contributed by atoms with Gasteiger partial charge in [-0.2, -0.15) is 15.5 Å². The number of halogens is 2. The van der Waals surface area contributed by atoms with Gasteiger partial charge in [0.15, 0.2) is 0 Å². The second-order valence-corrected chi connectivity index (χ2v) is 6.82. The van der Waals surface area contributed by atoms with Crippen LogP contribution in [0.15, 0.2) is 54.1 Å². The van der Waals surface area contributed by atoms with E-state index in [1.54, 1.807) is 0 Å². The Kier molecular flexibility index (Phi) is 4.63. The Morgan fingerprint density at radius 3 is 2.77 bits per heavy atom. The molecule has 4 aromatic rings. The first-order valence-electron chi connectivity index (χ1n) is 8.84. The molecule has 0 saturated heterocycles. The van der Waals surface area contributed by atoms with Crippen molar-refractivity contribution < 1.29 is 13.9 Å². The van der Waals surface area contributed by atoms with Crippen LogP contribution in [0.4, 0.5) is 8.78 Å². The number of fused-ring (bicyclic) bond motifs is 1. The normalized spacial score (nSPS) is 14.4. The molecule has 0 aliphatic carbocycles. The maximum atomic E-state index is 14.7. The van der Waals surface area contributed by atoms with E-state index in [0.717, 1.165) is 16.8 Å². The Bertz CT molecular complexity index is 1320. The summed E-state index contributed by atoms with van der Waals surface area (Å²) in [4.78, 5) is 16.8. The van der Waals surface area contributed by atoms with Crippen molar-refractivity contribution in [1.29, 1.82) is 5.26 Å². The highest BCUT2D eigenvalue weighted by molar-refractivity contribution is 5.51. The molecule has 152 valence electrons. The molecule has 0 aliphatic heterocycles. The third-order valence-corrected chi connectivity index (χ3v) is 5.02. The third-order valence-electron chi connectivity index (χ3n) is 5.02. The molecule has 0 aliphatic rings. The van der Waals surface area contributed by atoms with E-state index in [0.29, 0.717) is 11.6 Å². The molecule has 11 heteroatoms. The van der Waals surface area contributed by atoms with Crippen molar-refractivity contribution in [3.63, 3.8) is 0 Å². The molecule has 0 radical (unpaired) electrons. The molecule has 0 fully saturated rings. The highest BCUT2D eigenvalue weighted by Crippen LogP contribution is 2.35. The molecule has 0 saturated carbocycles. The Labute approximate surface area is 168 Å². The number of aliphatic hydroxyl groups is 1. The molecule has 9 nitrogen and oxygen atoms in total. The summed E-state index contributed by atoms with van der Waals surface area (Å²) in [5, 5.41) is 28.7. The van der Waals surface area contributed by atoms with Crippen molar-refractivity contribution in [2.24, 2.45) is 0 Å². The first-order chi connectivity index (χ1) is 14.3. The number of nitrogens with zero attached hydrogens (tertiary/aromatic N) is 7. The minimum atomic E-state index is -2.04. The van der Waals surface area contributed by atoms with E-state index in [-0.39, 0.29) is 17.7 Å². The number of hydrogen-bond donors (Lipinski definition) is 1. The standard InChI is InChI=1S/C19H15F2N7O2/c1-12(28-18(29)27-8-13(6-22)4-15(27)7-24-28)19(30,9-26-11-23-10-25-26)16-3-2-14(20)5-17(16)21/h2-5,7-8,10-12,30H,9H2,1H3/t12-,19?/m1/s1. The zero-order chi connectivity index (χ0) is 21.5. The Morgan fingerprint density at radius 1 is 1.30 bits per heavy atom. The zero-order valence-corrected chi connectivity index (χ0v) is 15.6. The van der Waals surface area contributed by atoms with E-state index in [4.69, 9.17) is 5.26 Å². The fourth-order valence-corrected chi connectivity index (χ4v) is 3.40. The van der Waals surface area contributed by atoms with Gasteiger partial charge in [0.1, 0.15) is 36.0 Å². The molecule has 1 N–H and O–H groups in total. The lowest BCUT2D eigenvalue weighted by Gasteiger charge is -2.34. The van der Waals surface area contributed by atoms with Crippen LogP contribution < -0.4 is 5.69 Å². The number of benzene rings is 1. The van der Waals surface area contributed by atoms with Gasteiger partial charge >= 0.3 is 5.69 Å². The maximum Gasteiger partial charge on any atom is 0.349 e. The molecule has 1 aromatic carbocycles. The Hall–Kier alpha value is -3.91. The monoisotopic (exact) mass is 411 g/mol. The lowest BCUT2D eigenvalue weighted by Crippen LogP contribution is -2.45. The molecular weight excluding hydrogens is 396 g/mol. The van der Waals surface area contributed by atoms with Crippen LogP contribution in [0.2, 0.25) is 0 Å². The van der Waals surface area contributed by atoms with Gasteiger partial charge in [0.25, 0.3) is 0 Å². The first kappa shape index (κ1) is 19.4. The van der Waals surface area contributed by atoms with Crippen LogP contribution in [0.5, 0.6) is 0 Å². The second kappa shape index (κ2) is 7.16. The van der Waals surface area contributed by atoms with Crippen molar-refractivity contribution in [2.75, 3.05) is 0 Å². The second-order valence-electron chi connectivity index (χ2n) is 6.82. The summed E-state index contributed by atoms with van der Waals surface area (Å²) >= 11 is 0. The maximum absolute atomic E-state index is 14.7. The summed E-state index contributed by atoms with van der Waals surface area (Å²) in [5.74, 6) is -1.79. The van der Waals surface area contributed by atoms with E-state index in [1.807, 2.05) is 6.07 Å². The predicted octanol–water partition coefficient (Wildman–Crippen LogP) is 1.39. The Balaban J connectivity index is 1.88. The van der Waals surface area contributed by atoms with Crippen LogP contribution in [-0.4, -0.2) is 34.1 Å². The fourth-order valence-electron chi connectivity index (χ4n) is 3.40. The smallest absolute Gasteiger partial charge is 0.349 e. The van der Waals surface area contributed by atoms with Crippen LogP contribution >= 0.6 is 0 Å². The summed E-state index contributed by atoms with van der Waals surface area (Å²) in [6.07, 6.45) is 5.27. The molecule has 30 heavy (non-hydrogen) atoms. The summed E-state index contributed by atoms with van der Waals surface area (Å²) in [6, 6.07) is 5.11. The molecule has 2 atom stereocenters. The Morgan fingerprint density at radius 2 is 2.10 bits per heavy atom. The van der Waals surface area contributed by atoms with E-state index in [1.165, 1.54) is 47.1 Å². The van der Waals surface area contributed by atoms with Crippen LogP contribution in [0.25, 0.3) is 5.52 Å². The number of nitriles is 1. The number of hydrogen-bond acceptors (Lipinski definition) is 6. The summed E-state index contributed by atoms with van der Waals surface area (Å²) < 4.78 is 31.6. The van der Waals surface area contributed by atoms with Gasteiger partial charge in [0, 0.05) is 17.8 Å². The lowest BCUT2D eigenvalue weighted by molar-refractivity contribution is -0.0390. The van der Waals surface area contributed by atoms with Gasteiger partial charge in [0.2, 0.25) is 0 Å². The van der Waals surface area contributed by atoms with E-state index >= 15 is 0 Å². The van der Waals surface area contributed by atoms with E-state index in [2.05, 4.69) is 15.2 Å². The molecular formula is C19H15F2N7O2. The molecule has 4 rings (SSSR count). The fraction of sp³-hybridized carbons (Fsp3) is 0.211. The van der Waals surface area contributed by atoms with Crippen molar-refractivity contribution >= 4 is 5.52 Å². The number of aromatic nitrogens is 6. The third kappa shape index (κ3) is 3.13. The first-order valence-corrected chi connectivity index (χ1v) is 8.84. The van der Waals surface area contributed by atoms with E-state index in [9.17, 15) is 18.7 Å². The quantitative estimate of drug-likeness (QED) is 0.531. The summed E-state index contributed by atoms with van der Waals surface area (Å²) in [5.41, 5.74) is -2.25. The molecule has 0 amide bonds. The van der Waals surface area contributed by atoms with Gasteiger partial charge in [-0.25, -0.2) is 27.9 Å². The molecule has 3 aromatic heterocycles. The van der Waals surface area contributed by atoms with Gasteiger partial charge < -0.3 is 5.11 Å². The zero-order valence-electron chi connectivity index (χ0n) is 15.6. The largest absolute Gasteiger partial charge is 0.381 e. The minimum absolute atomic E-state index is 0.231. The predicted molar refractivity (Wildman–Crippen MR) is 99.2 cm³/mol. The van der Waals surface area contributed by atoms with Gasteiger partial charge in [0.05, 0.1) is 29.9 Å². The minimum Gasteiger partial charge on any atom is -0.381 e. The van der Waals surface area contributed by atoms with E-state index < -0.39 is 29.0 Å². The van der Waals surface area contributed by atoms with Crippen molar-refractivity contribution in [3.05, 3.63) is 82.6 Å². The van der Waals surface area contributed by atoms with Gasteiger partial charge in [-0.15, -0.1) is 0 Å². The molecule has 1 unspecified atom stereocenters. The average molecular weight is 411 g/mol. The highest BCUT2D eigenvalue weighted by atomic mass is 19.1. The molecule has 0 spiro atoms. The summed E-state index contributed by atoms with van der Waals surface area (Å²) in [7, 11) is 0. The van der Waals surface area contributed by atoms with Crippen LogP contribution in [0.1, 0.15) is 24.1 Å². The summed E-state index contributed by atoms with van der Waals surface area (Å²) in [6.45, 7) is 1.20. The van der Waals surface area contributed by atoms with Crippen LogP contribution in [-0.2, 0) is 12.1 Å².